The van der Waals surface area contributed by atoms with E-state index >= 15 is 0 Å². The predicted molar refractivity (Wildman–Crippen MR) is 160 cm³/mol. The fourth-order valence-corrected chi connectivity index (χ4v) is 5.42. The molecule has 0 aliphatic carbocycles. The molecule has 1 fully saturated rings. The van der Waals surface area contributed by atoms with Crippen molar-refractivity contribution in [3.05, 3.63) is 99.3 Å². The summed E-state index contributed by atoms with van der Waals surface area (Å²) in [4.78, 5) is 17.0. The number of thiocarbonyl (C=S) groups is 1. The SMILES string of the molecule is CCOc1ccc(N2C(=O)/C(=C/c3cn(Cc4ccc(Cl)c(Cl)c4)c4c(CC)cccc34)N(C)C2=S)cc1. The molecule has 0 spiro atoms. The predicted octanol–water partition coefficient (Wildman–Crippen LogP) is 7.56. The molecule has 8 heteroatoms. The Hall–Kier alpha value is -3.32. The van der Waals surface area contributed by atoms with E-state index < -0.39 is 0 Å². The molecule has 3 aromatic carbocycles. The molecule has 1 aliphatic rings. The molecule has 38 heavy (non-hydrogen) atoms. The Kier molecular flexibility index (Phi) is 7.48. The summed E-state index contributed by atoms with van der Waals surface area (Å²) in [6, 6.07) is 19.4. The number of para-hydroxylation sites is 1. The summed E-state index contributed by atoms with van der Waals surface area (Å²) in [5.41, 5.74) is 5.56. The fourth-order valence-electron chi connectivity index (χ4n) is 4.81. The van der Waals surface area contributed by atoms with E-state index in [-0.39, 0.29) is 5.91 Å². The minimum absolute atomic E-state index is 0.168. The highest BCUT2D eigenvalue weighted by Crippen LogP contribution is 2.33. The lowest BCUT2D eigenvalue weighted by atomic mass is 10.1. The third kappa shape index (κ3) is 4.80. The highest BCUT2D eigenvalue weighted by molar-refractivity contribution is 7.80. The molecule has 0 saturated carbocycles. The van der Waals surface area contributed by atoms with Crippen LogP contribution in [-0.2, 0) is 17.8 Å². The van der Waals surface area contributed by atoms with Crippen LogP contribution in [-0.4, -0.2) is 34.1 Å². The van der Waals surface area contributed by atoms with Gasteiger partial charge in [0.2, 0.25) is 0 Å². The van der Waals surface area contributed by atoms with E-state index in [0.717, 1.165) is 34.2 Å². The number of aromatic nitrogens is 1. The maximum absolute atomic E-state index is 13.6. The third-order valence-corrected chi connectivity index (χ3v) is 7.89. The van der Waals surface area contributed by atoms with Gasteiger partial charge in [-0.25, -0.2) is 0 Å². The average Bonchev–Trinajstić information content (AvgIpc) is 3.36. The normalized spacial score (nSPS) is 14.8. The molecule has 1 aromatic heterocycles. The largest absolute Gasteiger partial charge is 0.494 e. The van der Waals surface area contributed by atoms with E-state index in [1.165, 1.54) is 5.56 Å². The van der Waals surface area contributed by atoms with Crippen LogP contribution < -0.4 is 9.64 Å². The number of carbonyl (C=O) groups is 1. The van der Waals surface area contributed by atoms with Crippen molar-refractivity contribution < 1.29 is 9.53 Å². The number of carbonyl (C=O) groups excluding carboxylic acids is 1. The molecule has 0 N–H and O–H groups in total. The van der Waals surface area contributed by atoms with Crippen molar-refractivity contribution in [3.8, 4) is 5.75 Å². The van der Waals surface area contributed by atoms with E-state index in [1.54, 1.807) is 9.80 Å². The number of anilines is 1. The number of ether oxygens (including phenoxy) is 1. The molecule has 2 heterocycles. The highest BCUT2D eigenvalue weighted by Gasteiger charge is 2.37. The van der Waals surface area contributed by atoms with E-state index in [1.807, 2.05) is 62.5 Å². The van der Waals surface area contributed by atoms with Crippen molar-refractivity contribution >= 4 is 69.1 Å². The average molecular weight is 565 g/mol. The van der Waals surface area contributed by atoms with Gasteiger partial charge in [-0.2, -0.15) is 0 Å². The van der Waals surface area contributed by atoms with Gasteiger partial charge in [0.05, 0.1) is 27.9 Å². The molecular weight excluding hydrogens is 537 g/mol. The minimum atomic E-state index is -0.168. The van der Waals surface area contributed by atoms with Crippen molar-refractivity contribution in [2.45, 2.75) is 26.8 Å². The van der Waals surface area contributed by atoms with Gasteiger partial charge in [-0.3, -0.25) is 9.69 Å². The lowest BCUT2D eigenvalue weighted by Crippen LogP contribution is -2.31. The summed E-state index contributed by atoms with van der Waals surface area (Å²) in [7, 11) is 1.83. The lowest BCUT2D eigenvalue weighted by molar-refractivity contribution is -0.114. The molecule has 0 unspecified atom stereocenters. The number of rotatable bonds is 7. The highest BCUT2D eigenvalue weighted by atomic mass is 35.5. The quantitative estimate of drug-likeness (QED) is 0.172. The molecule has 5 nitrogen and oxygen atoms in total. The summed E-state index contributed by atoms with van der Waals surface area (Å²) in [6.45, 7) is 5.28. The van der Waals surface area contributed by atoms with Gasteiger partial charge < -0.3 is 14.2 Å². The van der Waals surface area contributed by atoms with Crippen molar-refractivity contribution in [2.24, 2.45) is 0 Å². The Morgan fingerprint density at radius 3 is 2.45 bits per heavy atom. The Labute approximate surface area is 237 Å². The van der Waals surface area contributed by atoms with E-state index in [9.17, 15) is 4.79 Å². The Bertz CT molecular complexity index is 1580. The Balaban J connectivity index is 1.56. The van der Waals surface area contributed by atoms with Crippen LogP contribution in [0.3, 0.4) is 0 Å². The summed E-state index contributed by atoms with van der Waals surface area (Å²) in [6.07, 6.45) is 4.90. The second kappa shape index (κ2) is 10.8. The van der Waals surface area contributed by atoms with E-state index in [2.05, 4.69) is 35.9 Å². The van der Waals surface area contributed by atoms with Gasteiger partial charge in [0.25, 0.3) is 5.91 Å². The first-order chi connectivity index (χ1) is 18.3. The third-order valence-electron chi connectivity index (χ3n) is 6.69. The monoisotopic (exact) mass is 563 g/mol. The number of hydrogen-bond donors (Lipinski definition) is 0. The lowest BCUT2D eigenvalue weighted by Gasteiger charge is -2.16. The van der Waals surface area contributed by atoms with Gasteiger partial charge >= 0.3 is 0 Å². The zero-order chi connectivity index (χ0) is 27.0. The number of nitrogens with zero attached hydrogens (tertiary/aromatic N) is 3. The summed E-state index contributed by atoms with van der Waals surface area (Å²) in [5.74, 6) is 0.582. The molecule has 0 atom stereocenters. The van der Waals surface area contributed by atoms with Crippen LogP contribution in [0, 0.1) is 0 Å². The minimum Gasteiger partial charge on any atom is -0.494 e. The first-order valence-corrected chi connectivity index (χ1v) is 13.6. The maximum atomic E-state index is 13.6. The van der Waals surface area contributed by atoms with Crippen LogP contribution >= 0.6 is 35.4 Å². The molecular formula is C30H27Cl2N3O2S. The topological polar surface area (TPSA) is 37.7 Å². The Morgan fingerprint density at radius 2 is 1.76 bits per heavy atom. The van der Waals surface area contributed by atoms with Gasteiger partial charge in [-0.15, -0.1) is 0 Å². The zero-order valence-corrected chi connectivity index (χ0v) is 23.7. The van der Waals surface area contributed by atoms with Crippen LogP contribution in [0.1, 0.15) is 30.5 Å². The van der Waals surface area contributed by atoms with Gasteiger partial charge in [0, 0.05) is 30.7 Å². The van der Waals surface area contributed by atoms with Crippen LogP contribution in [0.2, 0.25) is 10.0 Å². The van der Waals surface area contributed by atoms with Crippen LogP contribution in [0.15, 0.2) is 72.6 Å². The van der Waals surface area contributed by atoms with Crippen molar-refractivity contribution in [2.75, 3.05) is 18.6 Å². The fraction of sp³-hybridized carbons (Fsp3) is 0.200. The summed E-state index contributed by atoms with van der Waals surface area (Å²) < 4.78 is 7.75. The van der Waals surface area contributed by atoms with E-state index in [4.69, 9.17) is 40.2 Å². The van der Waals surface area contributed by atoms with Crippen molar-refractivity contribution in [1.82, 2.24) is 9.47 Å². The molecule has 1 saturated heterocycles. The zero-order valence-electron chi connectivity index (χ0n) is 21.4. The molecule has 5 rings (SSSR count). The molecule has 1 aliphatic heterocycles. The van der Waals surface area contributed by atoms with E-state index in [0.29, 0.717) is 39.7 Å². The number of likely N-dealkylation sites (N-methyl/N-ethyl adjacent to an activating group) is 1. The molecule has 1 amide bonds. The van der Waals surface area contributed by atoms with Crippen LogP contribution in [0.5, 0.6) is 5.75 Å². The summed E-state index contributed by atoms with van der Waals surface area (Å²) >= 11 is 18.1. The number of fused-ring (bicyclic) bond motifs is 1. The molecule has 0 radical (unpaired) electrons. The van der Waals surface area contributed by atoms with Crippen molar-refractivity contribution in [1.29, 1.82) is 0 Å². The van der Waals surface area contributed by atoms with Crippen LogP contribution in [0.25, 0.3) is 17.0 Å². The standard InChI is InChI=1S/C30H27Cl2N3O2S/c1-4-20-7-6-8-24-21(18-34(28(20)24)17-19-9-14-25(31)26(32)15-19)16-27-29(36)35(30(38)33(27)3)22-10-12-23(13-11-22)37-5-2/h6-16,18H,4-5,17H2,1-3H3/b27-16-. The maximum Gasteiger partial charge on any atom is 0.281 e. The number of amides is 1. The van der Waals surface area contributed by atoms with Gasteiger partial charge in [0.15, 0.2) is 5.11 Å². The Morgan fingerprint density at radius 1 is 1.00 bits per heavy atom. The first kappa shape index (κ1) is 26.3. The molecule has 4 aromatic rings. The smallest absolute Gasteiger partial charge is 0.281 e. The van der Waals surface area contributed by atoms with Gasteiger partial charge in [-0.05, 0) is 79.2 Å². The number of halogens is 2. The summed E-state index contributed by atoms with van der Waals surface area (Å²) in [5, 5.41) is 2.56. The molecule has 194 valence electrons. The van der Waals surface area contributed by atoms with Crippen LogP contribution in [0.4, 0.5) is 5.69 Å². The van der Waals surface area contributed by atoms with Gasteiger partial charge in [0.1, 0.15) is 11.4 Å². The number of hydrogen-bond acceptors (Lipinski definition) is 3. The van der Waals surface area contributed by atoms with Gasteiger partial charge in [-0.1, -0.05) is 54.4 Å². The second-order valence-corrected chi connectivity index (χ2v) is 10.2. The first-order valence-electron chi connectivity index (χ1n) is 12.4. The number of aryl methyl sites for hydroxylation is 1. The molecule has 0 bridgehead atoms. The van der Waals surface area contributed by atoms with Crippen molar-refractivity contribution in [3.63, 3.8) is 0 Å². The number of benzene rings is 3. The second-order valence-electron chi connectivity index (χ2n) is 9.07.